The molecule has 1 aromatic rings. The molecule has 0 N–H and O–H groups in total. The molecule has 1 radical (unpaired) electrons. The molecule has 0 heteroatoms. The zero-order valence-corrected chi connectivity index (χ0v) is 10.6. The maximum absolute atomic E-state index is 7.28. The molecule has 1 aromatic carbocycles. The first-order chi connectivity index (χ1) is 6.91. The van der Waals surface area contributed by atoms with Crippen LogP contribution in [0.4, 0.5) is 0 Å². The fraction of sp³-hybridized carbons (Fsp3) is 0.467. The lowest BCUT2D eigenvalue weighted by Gasteiger charge is -2.20. The summed E-state index contributed by atoms with van der Waals surface area (Å²) in [5.41, 5.74) is 8.02. The maximum Gasteiger partial charge on any atom is 0.0439 e. The van der Waals surface area contributed by atoms with Crippen LogP contribution in [-0.4, -0.2) is 0 Å². The third-order valence-electron chi connectivity index (χ3n) is 3.71. The van der Waals surface area contributed by atoms with Gasteiger partial charge in [0, 0.05) is 5.92 Å². The van der Waals surface area contributed by atoms with Gasteiger partial charge < -0.3 is 0 Å². The van der Waals surface area contributed by atoms with Gasteiger partial charge in [0.05, 0.1) is 0 Å². The molecule has 0 aliphatic carbocycles. The molecule has 1 atom stereocenters. The summed E-state index contributed by atoms with van der Waals surface area (Å²) in [6, 6.07) is 0. The molecule has 0 aliphatic rings. The van der Waals surface area contributed by atoms with Crippen molar-refractivity contribution in [3.8, 4) is 5.92 Å². The van der Waals surface area contributed by atoms with Gasteiger partial charge in [-0.2, -0.15) is 0 Å². The summed E-state index contributed by atoms with van der Waals surface area (Å²) in [7, 11) is 0. The molecule has 0 amide bonds. The molecule has 0 saturated heterocycles. The third-order valence-corrected chi connectivity index (χ3v) is 3.71. The predicted octanol–water partition coefficient (Wildman–Crippen LogP) is 3.92. The number of benzene rings is 1. The van der Waals surface area contributed by atoms with Crippen molar-refractivity contribution in [3.63, 3.8) is 0 Å². The molecule has 0 fully saturated rings. The Morgan fingerprint density at radius 2 is 1.13 bits per heavy atom. The average Bonchev–Trinajstić information content (AvgIpc) is 2.23. The molecular formula is C15H19. The number of hydrogen-bond acceptors (Lipinski definition) is 0. The number of rotatable bonds is 1. The van der Waals surface area contributed by atoms with Crippen molar-refractivity contribution in [2.45, 2.75) is 47.5 Å². The molecule has 15 heavy (non-hydrogen) atoms. The van der Waals surface area contributed by atoms with Crippen molar-refractivity contribution in [2.24, 2.45) is 0 Å². The fourth-order valence-corrected chi connectivity index (χ4v) is 2.25. The highest BCUT2D eigenvalue weighted by molar-refractivity contribution is 5.51. The van der Waals surface area contributed by atoms with E-state index in [1.807, 2.05) is 6.92 Å². The van der Waals surface area contributed by atoms with Crippen LogP contribution in [0.15, 0.2) is 0 Å². The molecule has 0 heterocycles. The van der Waals surface area contributed by atoms with E-state index < -0.39 is 0 Å². The Bertz CT molecular complexity index is 401. The standard InChI is InChI=1S/C15H19/c1-8-9(2)15-13(6)11(4)10(3)12(5)14(15)7/h9H,2-7H3. The summed E-state index contributed by atoms with van der Waals surface area (Å²) in [4.78, 5) is 0. The summed E-state index contributed by atoms with van der Waals surface area (Å²) in [6.07, 6.45) is 7.28. The average molecular weight is 199 g/mol. The summed E-state index contributed by atoms with van der Waals surface area (Å²) >= 11 is 0. The van der Waals surface area contributed by atoms with Gasteiger partial charge >= 0.3 is 0 Å². The molecular weight excluding hydrogens is 180 g/mol. The van der Waals surface area contributed by atoms with E-state index in [0.717, 1.165) is 0 Å². The highest BCUT2D eigenvalue weighted by Gasteiger charge is 2.15. The Kier molecular flexibility index (Phi) is 3.25. The van der Waals surface area contributed by atoms with Crippen molar-refractivity contribution in [2.75, 3.05) is 0 Å². The van der Waals surface area contributed by atoms with Gasteiger partial charge in [-0.25, -0.2) is 0 Å². The van der Waals surface area contributed by atoms with E-state index in [1.165, 1.54) is 33.4 Å². The second-order valence-corrected chi connectivity index (χ2v) is 4.40. The van der Waals surface area contributed by atoms with Crippen LogP contribution in [0.2, 0.25) is 0 Å². The highest BCUT2D eigenvalue weighted by atomic mass is 14.2. The summed E-state index contributed by atoms with van der Waals surface area (Å²) in [5, 5.41) is 0. The lowest BCUT2D eigenvalue weighted by atomic mass is 9.84. The monoisotopic (exact) mass is 199 g/mol. The predicted molar refractivity (Wildman–Crippen MR) is 65.7 cm³/mol. The molecule has 1 rings (SSSR count). The van der Waals surface area contributed by atoms with E-state index in [4.69, 9.17) is 6.42 Å². The van der Waals surface area contributed by atoms with Crippen molar-refractivity contribution in [1.82, 2.24) is 0 Å². The van der Waals surface area contributed by atoms with Crippen molar-refractivity contribution < 1.29 is 0 Å². The first-order valence-corrected chi connectivity index (χ1v) is 5.40. The fourth-order valence-electron chi connectivity index (χ4n) is 2.25. The molecule has 0 spiro atoms. The first kappa shape index (κ1) is 11.9. The van der Waals surface area contributed by atoms with E-state index in [-0.39, 0.29) is 5.92 Å². The Balaban J connectivity index is 3.61. The van der Waals surface area contributed by atoms with Crippen LogP contribution in [0.25, 0.3) is 0 Å². The van der Waals surface area contributed by atoms with Crippen LogP contribution in [0.3, 0.4) is 0 Å². The first-order valence-electron chi connectivity index (χ1n) is 5.40. The molecule has 0 aromatic heterocycles. The van der Waals surface area contributed by atoms with Crippen LogP contribution >= 0.6 is 0 Å². The Labute approximate surface area is 93.7 Å². The normalized spacial score (nSPS) is 12.3. The van der Waals surface area contributed by atoms with Gasteiger partial charge in [-0.3, -0.25) is 0 Å². The van der Waals surface area contributed by atoms with Crippen molar-refractivity contribution >= 4 is 0 Å². The second-order valence-electron chi connectivity index (χ2n) is 4.40. The molecule has 79 valence electrons. The minimum absolute atomic E-state index is 0.1000. The molecule has 1 unspecified atom stereocenters. The van der Waals surface area contributed by atoms with Crippen LogP contribution in [-0.2, 0) is 0 Å². The van der Waals surface area contributed by atoms with Crippen LogP contribution < -0.4 is 0 Å². The van der Waals surface area contributed by atoms with Gasteiger partial charge in [0.15, 0.2) is 0 Å². The van der Waals surface area contributed by atoms with Gasteiger partial charge in [0.25, 0.3) is 0 Å². The minimum atomic E-state index is 0.1000. The topological polar surface area (TPSA) is 0 Å². The van der Waals surface area contributed by atoms with Gasteiger partial charge in [0.2, 0.25) is 0 Å². The smallest absolute Gasteiger partial charge is 0.0439 e. The van der Waals surface area contributed by atoms with E-state index in [9.17, 15) is 0 Å². The summed E-state index contributed by atoms with van der Waals surface area (Å²) in [5.74, 6) is 2.69. The van der Waals surface area contributed by atoms with Crippen LogP contribution in [0.5, 0.6) is 0 Å². The zero-order chi connectivity index (χ0) is 11.7. The maximum atomic E-state index is 7.28. The largest absolute Gasteiger partial charge is 0.0812 e. The number of hydrogen-bond donors (Lipinski definition) is 0. The van der Waals surface area contributed by atoms with E-state index in [2.05, 4.69) is 40.5 Å². The van der Waals surface area contributed by atoms with Crippen molar-refractivity contribution in [1.29, 1.82) is 0 Å². The SMILES string of the molecule is [C]#CC(C)c1c(C)c(C)c(C)c(C)c1C. The molecule has 0 bridgehead atoms. The van der Waals surface area contributed by atoms with E-state index >= 15 is 0 Å². The van der Waals surface area contributed by atoms with E-state index in [0.29, 0.717) is 0 Å². The van der Waals surface area contributed by atoms with Gasteiger partial charge in [-0.1, -0.05) is 5.92 Å². The van der Waals surface area contributed by atoms with Crippen molar-refractivity contribution in [3.05, 3.63) is 39.8 Å². The minimum Gasteiger partial charge on any atom is -0.0812 e. The zero-order valence-electron chi connectivity index (χ0n) is 10.6. The lowest BCUT2D eigenvalue weighted by Crippen LogP contribution is -2.04. The van der Waals surface area contributed by atoms with Crippen LogP contribution in [0.1, 0.15) is 46.2 Å². The summed E-state index contributed by atoms with van der Waals surface area (Å²) < 4.78 is 0. The van der Waals surface area contributed by atoms with Gasteiger partial charge in [-0.05, 0) is 81.3 Å². The molecule has 0 aliphatic heterocycles. The highest BCUT2D eigenvalue weighted by Crippen LogP contribution is 2.30. The van der Waals surface area contributed by atoms with Gasteiger partial charge in [0.1, 0.15) is 0 Å². The summed E-state index contributed by atoms with van der Waals surface area (Å²) in [6.45, 7) is 12.8. The van der Waals surface area contributed by atoms with Gasteiger partial charge in [-0.15, -0.1) is 0 Å². The Hall–Kier alpha value is -1.22. The Morgan fingerprint density at radius 3 is 1.47 bits per heavy atom. The molecule has 0 nitrogen and oxygen atoms in total. The Morgan fingerprint density at radius 1 is 0.800 bits per heavy atom. The van der Waals surface area contributed by atoms with E-state index in [1.54, 1.807) is 0 Å². The second kappa shape index (κ2) is 4.11. The third kappa shape index (κ3) is 1.79. The lowest BCUT2D eigenvalue weighted by molar-refractivity contribution is 0.948. The molecule has 0 saturated carbocycles. The van der Waals surface area contributed by atoms with Crippen LogP contribution in [0, 0.1) is 47.0 Å². The quantitative estimate of drug-likeness (QED) is 0.601.